The molecule has 0 saturated heterocycles. The summed E-state index contributed by atoms with van der Waals surface area (Å²) in [6.07, 6.45) is 1.71. The average Bonchev–Trinajstić information content (AvgIpc) is 3.38. The number of nitrogens with zero attached hydrogens (tertiary/aromatic N) is 2. The Hall–Kier alpha value is -2.97. The van der Waals surface area contributed by atoms with Gasteiger partial charge < -0.3 is 10.1 Å². The van der Waals surface area contributed by atoms with E-state index in [1.165, 1.54) is 23.0 Å². The Labute approximate surface area is 198 Å². The maximum atomic E-state index is 13.9. The van der Waals surface area contributed by atoms with E-state index < -0.39 is 0 Å². The molecule has 0 unspecified atom stereocenters. The van der Waals surface area contributed by atoms with Crippen LogP contribution in [0.3, 0.4) is 0 Å². The van der Waals surface area contributed by atoms with Gasteiger partial charge in [0.1, 0.15) is 18.2 Å². The lowest BCUT2D eigenvalue weighted by atomic mass is 10.1. The highest BCUT2D eigenvalue weighted by Gasteiger charge is 2.15. The summed E-state index contributed by atoms with van der Waals surface area (Å²) in [5.41, 5.74) is 3.72. The van der Waals surface area contributed by atoms with E-state index in [4.69, 9.17) is 4.74 Å². The van der Waals surface area contributed by atoms with E-state index in [9.17, 15) is 9.18 Å². The van der Waals surface area contributed by atoms with Crippen molar-refractivity contribution in [2.75, 3.05) is 5.32 Å². The van der Waals surface area contributed by atoms with Crippen LogP contribution in [-0.2, 0) is 13.2 Å². The summed E-state index contributed by atoms with van der Waals surface area (Å²) in [5.74, 6) is 0.670. The molecule has 0 aliphatic rings. The molecule has 0 saturated carbocycles. The lowest BCUT2D eigenvalue weighted by Gasteiger charge is -2.09. The molecule has 164 valence electrons. The van der Waals surface area contributed by atoms with Crippen molar-refractivity contribution in [1.82, 2.24) is 9.78 Å². The van der Waals surface area contributed by atoms with Crippen molar-refractivity contribution in [3.05, 3.63) is 97.5 Å². The van der Waals surface area contributed by atoms with Gasteiger partial charge in [0.05, 0.1) is 15.9 Å². The van der Waals surface area contributed by atoms with E-state index in [0.717, 1.165) is 16.9 Å². The van der Waals surface area contributed by atoms with Gasteiger partial charge in [-0.05, 0) is 64.5 Å². The number of benzene rings is 2. The molecule has 2 aromatic carbocycles. The smallest absolute Gasteiger partial charge is 0.266 e. The highest BCUT2D eigenvalue weighted by Crippen LogP contribution is 2.25. The van der Waals surface area contributed by atoms with Crippen LogP contribution in [0.1, 0.15) is 31.9 Å². The normalized spacial score (nSPS) is 10.9. The standard InChI is InChI=1S/C24H21BrFN3O2S/c1-15-6-5-9-21(16(15)2)31-13-17-10-22(32-14-17)24(30)27-23-19(25)12-29(28-23)11-18-7-3-4-8-20(18)26/h3-10,12,14H,11,13H2,1-2H3,(H,27,28,30). The number of halogens is 2. The predicted octanol–water partition coefficient (Wildman–Crippen LogP) is 6.34. The summed E-state index contributed by atoms with van der Waals surface area (Å²) < 4.78 is 22.0. The predicted molar refractivity (Wildman–Crippen MR) is 128 cm³/mol. The largest absolute Gasteiger partial charge is 0.489 e. The molecule has 0 aliphatic carbocycles. The number of nitrogens with one attached hydrogen (secondary N) is 1. The summed E-state index contributed by atoms with van der Waals surface area (Å²) in [7, 11) is 0. The summed E-state index contributed by atoms with van der Waals surface area (Å²) in [6.45, 7) is 4.72. The summed E-state index contributed by atoms with van der Waals surface area (Å²) in [4.78, 5) is 13.3. The van der Waals surface area contributed by atoms with E-state index in [1.54, 1.807) is 29.1 Å². The van der Waals surface area contributed by atoms with Crippen LogP contribution in [0.5, 0.6) is 5.75 Å². The molecule has 1 amide bonds. The highest BCUT2D eigenvalue weighted by molar-refractivity contribution is 9.10. The fourth-order valence-corrected chi connectivity index (χ4v) is 4.35. The molecule has 0 fully saturated rings. The third-order valence-corrected chi connectivity index (χ3v) is 6.62. The quantitative estimate of drug-likeness (QED) is 0.313. The summed E-state index contributed by atoms with van der Waals surface area (Å²) in [6, 6.07) is 14.3. The maximum Gasteiger partial charge on any atom is 0.266 e. The molecule has 0 aliphatic heterocycles. The fourth-order valence-electron chi connectivity index (χ4n) is 3.15. The van der Waals surface area contributed by atoms with Crippen LogP contribution < -0.4 is 10.1 Å². The van der Waals surface area contributed by atoms with Gasteiger partial charge in [0.15, 0.2) is 5.82 Å². The number of amides is 1. The van der Waals surface area contributed by atoms with Crippen molar-refractivity contribution in [2.24, 2.45) is 0 Å². The Bertz CT molecular complexity index is 1270. The van der Waals surface area contributed by atoms with Gasteiger partial charge in [0.25, 0.3) is 5.91 Å². The van der Waals surface area contributed by atoms with Crippen LogP contribution in [-0.4, -0.2) is 15.7 Å². The second-order valence-electron chi connectivity index (χ2n) is 7.37. The zero-order valence-electron chi connectivity index (χ0n) is 17.6. The molecule has 32 heavy (non-hydrogen) atoms. The first-order valence-corrected chi connectivity index (χ1v) is 11.6. The van der Waals surface area contributed by atoms with E-state index in [0.29, 0.717) is 27.3 Å². The SMILES string of the molecule is Cc1cccc(OCc2csc(C(=O)Nc3nn(Cc4ccccc4F)cc3Br)c2)c1C. The minimum Gasteiger partial charge on any atom is -0.489 e. The second-order valence-corrected chi connectivity index (χ2v) is 9.14. The van der Waals surface area contributed by atoms with Crippen molar-refractivity contribution in [3.8, 4) is 5.75 Å². The summed E-state index contributed by atoms with van der Waals surface area (Å²) >= 11 is 4.76. The topological polar surface area (TPSA) is 56.1 Å². The molecule has 0 atom stereocenters. The molecule has 1 N–H and O–H groups in total. The third-order valence-electron chi connectivity index (χ3n) is 5.07. The number of carbonyl (C=O) groups excluding carboxylic acids is 1. The molecule has 8 heteroatoms. The van der Waals surface area contributed by atoms with Crippen molar-refractivity contribution in [3.63, 3.8) is 0 Å². The van der Waals surface area contributed by atoms with Crippen molar-refractivity contribution in [2.45, 2.75) is 27.0 Å². The highest BCUT2D eigenvalue weighted by atomic mass is 79.9. The molecular weight excluding hydrogens is 493 g/mol. The Morgan fingerprint density at radius 3 is 2.84 bits per heavy atom. The molecule has 2 heterocycles. The lowest BCUT2D eigenvalue weighted by molar-refractivity contribution is 0.103. The molecule has 4 aromatic rings. The number of rotatable bonds is 7. The lowest BCUT2D eigenvalue weighted by Crippen LogP contribution is -2.12. The zero-order valence-corrected chi connectivity index (χ0v) is 20.0. The van der Waals surface area contributed by atoms with Crippen LogP contribution >= 0.6 is 27.3 Å². The zero-order chi connectivity index (χ0) is 22.7. The van der Waals surface area contributed by atoms with Gasteiger partial charge in [-0.2, -0.15) is 5.10 Å². The van der Waals surface area contributed by atoms with Crippen molar-refractivity contribution < 1.29 is 13.9 Å². The van der Waals surface area contributed by atoms with Gasteiger partial charge in [-0.3, -0.25) is 9.48 Å². The monoisotopic (exact) mass is 513 g/mol. The number of thiophene rings is 1. The number of carbonyl (C=O) groups is 1. The minimum absolute atomic E-state index is 0.259. The molecule has 4 rings (SSSR count). The molecule has 2 aromatic heterocycles. The average molecular weight is 514 g/mol. The Balaban J connectivity index is 1.39. The van der Waals surface area contributed by atoms with Crippen LogP contribution in [0.2, 0.25) is 0 Å². The molecule has 0 spiro atoms. The van der Waals surface area contributed by atoms with Crippen LogP contribution in [0, 0.1) is 19.7 Å². The number of ether oxygens (including phenoxy) is 1. The number of hydrogen-bond donors (Lipinski definition) is 1. The molecule has 0 radical (unpaired) electrons. The Morgan fingerprint density at radius 2 is 2.03 bits per heavy atom. The first-order valence-electron chi connectivity index (χ1n) is 9.95. The second kappa shape index (κ2) is 9.67. The fraction of sp³-hybridized carbons (Fsp3) is 0.167. The number of hydrogen-bond acceptors (Lipinski definition) is 4. The van der Waals surface area contributed by atoms with Gasteiger partial charge in [0, 0.05) is 17.3 Å². The molecular formula is C24H21BrFN3O2S. The van der Waals surface area contributed by atoms with E-state index in [-0.39, 0.29) is 18.3 Å². The third kappa shape index (κ3) is 5.08. The van der Waals surface area contributed by atoms with Gasteiger partial charge in [-0.15, -0.1) is 11.3 Å². The van der Waals surface area contributed by atoms with E-state index >= 15 is 0 Å². The molecule has 5 nitrogen and oxygen atoms in total. The minimum atomic E-state index is -0.293. The van der Waals surface area contributed by atoms with Crippen molar-refractivity contribution in [1.29, 1.82) is 0 Å². The maximum absolute atomic E-state index is 13.9. The van der Waals surface area contributed by atoms with Gasteiger partial charge in [-0.1, -0.05) is 30.3 Å². The number of aryl methyl sites for hydroxylation is 1. The van der Waals surface area contributed by atoms with E-state index in [1.807, 2.05) is 43.5 Å². The van der Waals surface area contributed by atoms with Gasteiger partial charge in [-0.25, -0.2) is 4.39 Å². The Morgan fingerprint density at radius 1 is 1.22 bits per heavy atom. The number of anilines is 1. The Kier molecular flexibility index (Phi) is 6.72. The van der Waals surface area contributed by atoms with E-state index in [2.05, 4.69) is 26.3 Å². The first kappa shape index (κ1) is 22.2. The first-order chi connectivity index (χ1) is 15.4. The van der Waals surface area contributed by atoms with Crippen LogP contribution in [0.4, 0.5) is 10.2 Å². The number of aromatic nitrogens is 2. The molecule has 0 bridgehead atoms. The van der Waals surface area contributed by atoms with Crippen molar-refractivity contribution >= 4 is 39.0 Å². The van der Waals surface area contributed by atoms with Crippen LogP contribution in [0.15, 0.2) is 64.6 Å². The van der Waals surface area contributed by atoms with Gasteiger partial charge in [0.2, 0.25) is 0 Å². The summed E-state index contributed by atoms with van der Waals surface area (Å²) in [5, 5.41) is 9.08. The van der Waals surface area contributed by atoms with Crippen LogP contribution in [0.25, 0.3) is 0 Å². The van der Waals surface area contributed by atoms with Gasteiger partial charge >= 0.3 is 0 Å².